The molecule has 0 spiro atoms. The number of hydrogen-bond acceptors (Lipinski definition) is 3. The van der Waals surface area contributed by atoms with E-state index in [9.17, 15) is 9.90 Å². The molecule has 1 N–H and O–H groups in total. The van der Waals surface area contributed by atoms with E-state index in [1.54, 1.807) is 0 Å². The Morgan fingerprint density at radius 3 is 2.10 bits per heavy atom. The first-order chi connectivity index (χ1) is 9.55. The molecule has 1 rings (SSSR count). The highest BCUT2D eigenvalue weighted by molar-refractivity contribution is 5.77. The molecule has 0 amide bonds. The molecule has 1 aliphatic rings. The third kappa shape index (κ3) is 5.08. The Hall–Kier alpha value is -0.570. The van der Waals surface area contributed by atoms with Crippen molar-refractivity contribution in [3.05, 3.63) is 0 Å². The zero-order valence-corrected chi connectivity index (χ0v) is 13.5. The Balaban J connectivity index is 1.96. The molecular weight excluding hydrogens is 252 g/mol. The van der Waals surface area contributed by atoms with E-state index in [1.807, 2.05) is 13.8 Å². The van der Waals surface area contributed by atoms with Crippen LogP contribution in [0.5, 0.6) is 0 Å². The van der Waals surface area contributed by atoms with Gasteiger partial charge in [-0.3, -0.25) is 4.79 Å². The van der Waals surface area contributed by atoms with Crippen LogP contribution >= 0.6 is 0 Å². The van der Waals surface area contributed by atoms with Crippen molar-refractivity contribution in [1.82, 2.24) is 0 Å². The summed E-state index contributed by atoms with van der Waals surface area (Å²) >= 11 is 0. The first-order valence-corrected chi connectivity index (χ1v) is 8.33. The highest BCUT2D eigenvalue weighted by Crippen LogP contribution is 2.58. The minimum absolute atomic E-state index is 0.0783. The van der Waals surface area contributed by atoms with Crippen LogP contribution in [-0.2, 0) is 9.53 Å². The Kier molecular flexibility index (Phi) is 7.57. The minimum Gasteiger partial charge on any atom is -0.465 e. The summed E-state index contributed by atoms with van der Waals surface area (Å²) in [5.41, 5.74) is -0.0783. The predicted octanol–water partition coefficient (Wildman–Crippen LogP) is 3.93. The number of esters is 1. The molecule has 118 valence electrons. The number of aliphatic hydroxyl groups is 1. The lowest BCUT2D eigenvalue weighted by Crippen LogP contribution is -2.12. The molecule has 1 aliphatic carbocycles. The van der Waals surface area contributed by atoms with E-state index in [2.05, 4.69) is 6.92 Å². The highest BCUT2D eigenvalue weighted by Gasteiger charge is 2.62. The molecule has 0 aromatic rings. The molecule has 20 heavy (non-hydrogen) atoms. The third-order valence-corrected chi connectivity index (χ3v) is 4.74. The Bertz CT molecular complexity index is 286. The van der Waals surface area contributed by atoms with Crippen molar-refractivity contribution in [2.45, 2.75) is 72.1 Å². The van der Waals surface area contributed by atoms with Gasteiger partial charge in [-0.25, -0.2) is 0 Å². The lowest BCUT2D eigenvalue weighted by molar-refractivity contribution is -0.146. The molecule has 2 atom stereocenters. The van der Waals surface area contributed by atoms with Gasteiger partial charge in [0.05, 0.1) is 12.5 Å². The molecule has 0 radical (unpaired) electrons. The maximum Gasteiger partial charge on any atom is 0.309 e. The van der Waals surface area contributed by atoms with E-state index >= 15 is 0 Å². The Morgan fingerprint density at radius 1 is 1.05 bits per heavy atom. The van der Waals surface area contributed by atoms with Crippen LogP contribution in [-0.4, -0.2) is 24.3 Å². The molecule has 3 heteroatoms. The number of carbonyl (C=O) groups is 1. The summed E-state index contributed by atoms with van der Waals surface area (Å²) < 4.78 is 5.33. The lowest BCUT2D eigenvalue weighted by atomic mass is 10.1. The second kappa shape index (κ2) is 8.66. The number of unbranched alkanes of at least 4 members (excludes halogenated alkanes) is 7. The van der Waals surface area contributed by atoms with E-state index in [0.717, 1.165) is 12.8 Å². The molecular formula is C17H32O3. The number of rotatable bonds is 11. The van der Waals surface area contributed by atoms with Gasteiger partial charge < -0.3 is 9.84 Å². The van der Waals surface area contributed by atoms with Crippen LogP contribution in [0.3, 0.4) is 0 Å². The normalized spacial score (nSPS) is 23.6. The summed E-state index contributed by atoms with van der Waals surface area (Å²) in [6, 6.07) is 0. The van der Waals surface area contributed by atoms with Crippen LogP contribution in [0.4, 0.5) is 0 Å². The average Bonchev–Trinajstić information content (AvgIpc) is 2.98. The molecule has 0 heterocycles. The Morgan fingerprint density at radius 2 is 1.60 bits per heavy atom. The molecule has 0 aromatic carbocycles. The summed E-state index contributed by atoms with van der Waals surface area (Å²) in [5.74, 6) is -0.118. The zero-order chi connectivity index (χ0) is 15.0. The van der Waals surface area contributed by atoms with Gasteiger partial charge in [0.1, 0.15) is 0 Å². The van der Waals surface area contributed by atoms with Gasteiger partial charge in [-0.1, -0.05) is 65.7 Å². The summed E-state index contributed by atoms with van der Waals surface area (Å²) in [4.78, 5) is 11.9. The molecule has 0 bridgehead atoms. The second-order valence-corrected chi connectivity index (χ2v) is 6.73. The highest BCUT2D eigenvalue weighted by atomic mass is 16.5. The van der Waals surface area contributed by atoms with Crippen LogP contribution in [0.1, 0.15) is 72.1 Å². The fourth-order valence-corrected chi connectivity index (χ4v) is 3.05. The molecule has 0 aromatic heterocycles. The van der Waals surface area contributed by atoms with Crippen molar-refractivity contribution in [2.75, 3.05) is 13.2 Å². The summed E-state index contributed by atoms with van der Waals surface area (Å²) in [6.45, 7) is 6.91. The second-order valence-electron chi connectivity index (χ2n) is 6.73. The number of carbonyl (C=O) groups excluding carboxylic acids is 1. The maximum atomic E-state index is 11.9. The van der Waals surface area contributed by atoms with E-state index in [-0.39, 0.29) is 29.8 Å². The van der Waals surface area contributed by atoms with Gasteiger partial charge in [0.25, 0.3) is 0 Å². The van der Waals surface area contributed by atoms with E-state index < -0.39 is 0 Å². The van der Waals surface area contributed by atoms with Gasteiger partial charge in [-0.15, -0.1) is 0 Å². The van der Waals surface area contributed by atoms with Crippen LogP contribution in [0, 0.1) is 17.3 Å². The van der Waals surface area contributed by atoms with Crippen LogP contribution in [0.2, 0.25) is 0 Å². The SMILES string of the molecule is CCCCCCCCCCOC(=O)C1C(CO)C1(C)C. The van der Waals surface area contributed by atoms with Gasteiger partial charge in [0.15, 0.2) is 0 Å². The molecule has 3 nitrogen and oxygen atoms in total. The van der Waals surface area contributed by atoms with Gasteiger partial charge in [-0.05, 0) is 11.8 Å². The van der Waals surface area contributed by atoms with E-state index in [4.69, 9.17) is 4.74 Å². The van der Waals surface area contributed by atoms with Gasteiger partial charge in [0.2, 0.25) is 0 Å². The van der Waals surface area contributed by atoms with Crippen molar-refractivity contribution in [1.29, 1.82) is 0 Å². The van der Waals surface area contributed by atoms with E-state index in [1.165, 1.54) is 38.5 Å². The third-order valence-electron chi connectivity index (χ3n) is 4.74. The van der Waals surface area contributed by atoms with Crippen molar-refractivity contribution >= 4 is 5.97 Å². The molecule has 0 saturated heterocycles. The molecule has 2 unspecified atom stereocenters. The number of hydrogen-bond donors (Lipinski definition) is 1. The van der Waals surface area contributed by atoms with Crippen LogP contribution < -0.4 is 0 Å². The Labute approximate surface area is 124 Å². The number of ether oxygens (including phenoxy) is 1. The molecule has 1 saturated carbocycles. The quantitative estimate of drug-likeness (QED) is 0.462. The van der Waals surface area contributed by atoms with E-state index in [0.29, 0.717) is 6.61 Å². The summed E-state index contributed by atoms with van der Waals surface area (Å²) in [7, 11) is 0. The first kappa shape index (κ1) is 17.5. The first-order valence-electron chi connectivity index (χ1n) is 8.33. The monoisotopic (exact) mass is 284 g/mol. The van der Waals surface area contributed by atoms with Crippen LogP contribution in [0.15, 0.2) is 0 Å². The standard InChI is InChI=1S/C17H32O3/c1-4-5-6-7-8-9-10-11-12-20-16(19)15-14(13-18)17(15,2)3/h14-15,18H,4-13H2,1-3H3. The maximum absolute atomic E-state index is 11.9. The zero-order valence-electron chi connectivity index (χ0n) is 13.5. The smallest absolute Gasteiger partial charge is 0.309 e. The van der Waals surface area contributed by atoms with Crippen molar-refractivity contribution in [3.63, 3.8) is 0 Å². The summed E-state index contributed by atoms with van der Waals surface area (Å²) in [5, 5.41) is 9.18. The summed E-state index contributed by atoms with van der Waals surface area (Å²) in [6.07, 6.45) is 10.00. The molecule has 1 fully saturated rings. The van der Waals surface area contributed by atoms with Crippen molar-refractivity contribution in [3.8, 4) is 0 Å². The van der Waals surface area contributed by atoms with Crippen molar-refractivity contribution in [2.24, 2.45) is 17.3 Å². The average molecular weight is 284 g/mol. The van der Waals surface area contributed by atoms with Gasteiger partial charge in [0, 0.05) is 12.5 Å². The predicted molar refractivity (Wildman–Crippen MR) is 81.4 cm³/mol. The minimum atomic E-state index is -0.114. The largest absolute Gasteiger partial charge is 0.465 e. The topological polar surface area (TPSA) is 46.5 Å². The number of aliphatic hydroxyl groups excluding tert-OH is 1. The fraction of sp³-hybridized carbons (Fsp3) is 0.941. The van der Waals surface area contributed by atoms with Crippen LogP contribution in [0.25, 0.3) is 0 Å². The van der Waals surface area contributed by atoms with Gasteiger partial charge in [-0.2, -0.15) is 0 Å². The fourth-order valence-electron chi connectivity index (χ4n) is 3.05. The van der Waals surface area contributed by atoms with Gasteiger partial charge >= 0.3 is 5.97 Å². The molecule has 0 aliphatic heterocycles. The van der Waals surface area contributed by atoms with Crippen molar-refractivity contribution < 1.29 is 14.6 Å². The lowest BCUT2D eigenvalue weighted by Gasteiger charge is -2.06.